The maximum atomic E-state index is 11.2. The molecule has 1 fully saturated rings. The summed E-state index contributed by atoms with van der Waals surface area (Å²) in [4.78, 5) is 0. The topological polar surface area (TPSA) is 90.9 Å². The van der Waals surface area contributed by atoms with Crippen LogP contribution >= 0.6 is 0 Å². The predicted octanol–water partition coefficient (Wildman–Crippen LogP) is -0.384. The minimum Gasteiger partial charge on any atom is -0.324 e. The molecule has 0 aliphatic heterocycles. The van der Waals surface area contributed by atoms with E-state index in [1.807, 2.05) is 4.57 Å². The van der Waals surface area contributed by atoms with E-state index in [0.717, 1.165) is 12.8 Å². The molecule has 1 heterocycles. The number of nitrogens with two attached hydrogens (primary N) is 1. The lowest BCUT2D eigenvalue weighted by atomic mass is 10.5. The molecule has 0 amide bonds. The van der Waals surface area contributed by atoms with Crippen LogP contribution in [0.4, 0.5) is 0 Å². The molecule has 84 valence electrons. The van der Waals surface area contributed by atoms with E-state index in [1.54, 1.807) is 0 Å². The fourth-order valence-electron chi connectivity index (χ4n) is 1.59. The van der Waals surface area contributed by atoms with Crippen LogP contribution in [0.1, 0.15) is 30.5 Å². The molecule has 0 unspecified atom stereocenters. The highest BCUT2D eigenvalue weighted by Gasteiger charge is 2.29. The fraction of sp³-hybridized carbons (Fsp3) is 0.750. The first kappa shape index (κ1) is 10.6. The smallest absolute Gasteiger partial charge is 0.154 e. The third kappa shape index (κ3) is 2.35. The van der Waals surface area contributed by atoms with Gasteiger partial charge < -0.3 is 10.3 Å². The first-order chi connectivity index (χ1) is 7.01. The normalized spacial score (nSPS) is 16.9. The van der Waals surface area contributed by atoms with Crippen LogP contribution in [0, 0.1) is 0 Å². The minimum atomic E-state index is -3.06. The summed E-state index contributed by atoms with van der Waals surface area (Å²) >= 11 is 0. The number of nitrogens with zero attached hydrogens (tertiary/aromatic N) is 3. The Morgan fingerprint density at radius 2 is 2.00 bits per heavy atom. The van der Waals surface area contributed by atoms with E-state index in [2.05, 4.69) is 10.2 Å². The largest absolute Gasteiger partial charge is 0.324 e. The Bertz CT molecular complexity index is 461. The molecule has 6 nitrogen and oxygen atoms in total. The summed E-state index contributed by atoms with van der Waals surface area (Å²) in [7, 11) is -3.06. The average Bonchev–Trinajstić information content (AvgIpc) is 2.87. The number of aromatic nitrogens is 3. The van der Waals surface area contributed by atoms with Crippen molar-refractivity contribution in [2.24, 2.45) is 5.73 Å². The Labute approximate surface area is 88.4 Å². The molecule has 2 N–H and O–H groups in total. The molecule has 1 aliphatic rings. The van der Waals surface area contributed by atoms with Gasteiger partial charge >= 0.3 is 0 Å². The Kier molecular flexibility index (Phi) is 2.51. The zero-order valence-electron chi connectivity index (χ0n) is 8.55. The standard InChI is InChI=1S/C8H14N4O2S/c1-15(13,14)5-8-11-10-7(4-9)12(8)6-2-3-6/h6H,2-5,9H2,1H3. The molecule has 15 heavy (non-hydrogen) atoms. The predicted molar refractivity (Wildman–Crippen MR) is 54.7 cm³/mol. The maximum absolute atomic E-state index is 11.2. The summed E-state index contributed by atoms with van der Waals surface area (Å²) in [5.41, 5.74) is 5.52. The van der Waals surface area contributed by atoms with Crippen molar-refractivity contribution >= 4 is 9.84 Å². The van der Waals surface area contributed by atoms with Crippen molar-refractivity contribution in [3.63, 3.8) is 0 Å². The summed E-state index contributed by atoms with van der Waals surface area (Å²) in [5, 5.41) is 7.79. The Morgan fingerprint density at radius 1 is 1.40 bits per heavy atom. The molecule has 0 atom stereocenters. The second-order valence-corrected chi connectivity index (χ2v) is 6.05. The quantitative estimate of drug-likeness (QED) is 0.761. The molecular formula is C8H14N4O2S. The van der Waals surface area contributed by atoms with Crippen molar-refractivity contribution in [2.75, 3.05) is 6.26 Å². The van der Waals surface area contributed by atoms with Gasteiger partial charge in [-0.05, 0) is 12.8 Å². The lowest BCUT2D eigenvalue weighted by Crippen LogP contribution is -2.12. The SMILES string of the molecule is CS(=O)(=O)Cc1nnc(CN)n1C1CC1. The zero-order valence-corrected chi connectivity index (χ0v) is 9.37. The molecule has 1 saturated carbocycles. The molecule has 0 spiro atoms. The van der Waals surface area contributed by atoms with Crippen LogP contribution in [0.2, 0.25) is 0 Å². The first-order valence-electron chi connectivity index (χ1n) is 4.81. The van der Waals surface area contributed by atoms with Gasteiger partial charge in [-0.2, -0.15) is 0 Å². The molecule has 2 rings (SSSR count). The summed E-state index contributed by atoms with van der Waals surface area (Å²) < 4.78 is 24.2. The molecule has 0 radical (unpaired) electrons. The Balaban J connectivity index is 2.34. The lowest BCUT2D eigenvalue weighted by Gasteiger charge is -2.06. The van der Waals surface area contributed by atoms with E-state index >= 15 is 0 Å². The maximum Gasteiger partial charge on any atom is 0.154 e. The van der Waals surface area contributed by atoms with Crippen molar-refractivity contribution < 1.29 is 8.42 Å². The van der Waals surface area contributed by atoms with E-state index in [4.69, 9.17) is 5.73 Å². The molecule has 1 aromatic heterocycles. The third-order valence-corrected chi connectivity index (χ3v) is 3.11. The van der Waals surface area contributed by atoms with Crippen LogP contribution in [-0.2, 0) is 22.1 Å². The molecular weight excluding hydrogens is 216 g/mol. The summed E-state index contributed by atoms with van der Waals surface area (Å²) in [5.74, 6) is 1.13. The Hall–Kier alpha value is -0.950. The van der Waals surface area contributed by atoms with Crippen molar-refractivity contribution in [3.8, 4) is 0 Å². The van der Waals surface area contributed by atoms with E-state index in [1.165, 1.54) is 6.26 Å². The number of rotatable bonds is 4. The van der Waals surface area contributed by atoms with Gasteiger partial charge in [0.05, 0.1) is 6.54 Å². The number of hydrogen-bond donors (Lipinski definition) is 1. The molecule has 0 bridgehead atoms. The van der Waals surface area contributed by atoms with Gasteiger partial charge in [-0.15, -0.1) is 10.2 Å². The second kappa shape index (κ2) is 3.57. The molecule has 0 aromatic carbocycles. The van der Waals surface area contributed by atoms with E-state index < -0.39 is 9.84 Å². The van der Waals surface area contributed by atoms with Gasteiger partial charge in [0.1, 0.15) is 17.4 Å². The van der Waals surface area contributed by atoms with Gasteiger partial charge in [0.25, 0.3) is 0 Å². The van der Waals surface area contributed by atoms with Gasteiger partial charge in [-0.1, -0.05) is 0 Å². The van der Waals surface area contributed by atoms with Crippen LogP contribution in [0.15, 0.2) is 0 Å². The van der Waals surface area contributed by atoms with E-state index in [-0.39, 0.29) is 5.75 Å². The summed E-state index contributed by atoms with van der Waals surface area (Å²) in [6.07, 6.45) is 3.31. The molecule has 1 aromatic rings. The Morgan fingerprint density at radius 3 is 2.47 bits per heavy atom. The molecule has 0 saturated heterocycles. The van der Waals surface area contributed by atoms with Gasteiger partial charge in [-0.25, -0.2) is 8.42 Å². The van der Waals surface area contributed by atoms with Crippen LogP contribution in [0.3, 0.4) is 0 Å². The van der Waals surface area contributed by atoms with Gasteiger partial charge in [0, 0.05) is 12.3 Å². The van der Waals surface area contributed by atoms with Crippen molar-refractivity contribution in [3.05, 3.63) is 11.6 Å². The lowest BCUT2D eigenvalue weighted by molar-refractivity contribution is 0.594. The highest BCUT2D eigenvalue weighted by Crippen LogP contribution is 2.36. The van der Waals surface area contributed by atoms with Crippen molar-refractivity contribution in [1.29, 1.82) is 0 Å². The first-order valence-corrected chi connectivity index (χ1v) is 6.88. The average molecular weight is 230 g/mol. The highest BCUT2D eigenvalue weighted by atomic mass is 32.2. The summed E-state index contributed by atoms with van der Waals surface area (Å²) in [6, 6.07) is 0.357. The number of sulfone groups is 1. The fourth-order valence-corrected chi connectivity index (χ4v) is 2.25. The number of hydrogen-bond acceptors (Lipinski definition) is 5. The van der Waals surface area contributed by atoms with Crippen LogP contribution in [0.25, 0.3) is 0 Å². The second-order valence-electron chi connectivity index (χ2n) is 3.91. The van der Waals surface area contributed by atoms with Crippen molar-refractivity contribution in [2.45, 2.75) is 31.2 Å². The molecule has 7 heteroatoms. The van der Waals surface area contributed by atoms with Crippen LogP contribution < -0.4 is 5.73 Å². The zero-order chi connectivity index (χ0) is 11.1. The van der Waals surface area contributed by atoms with Crippen molar-refractivity contribution in [1.82, 2.24) is 14.8 Å². The van der Waals surface area contributed by atoms with Gasteiger partial charge in [-0.3, -0.25) is 0 Å². The third-order valence-electron chi connectivity index (χ3n) is 2.32. The van der Waals surface area contributed by atoms with Gasteiger partial charge in [0.2, 0.25) is 0 Å². The monoisotopic (exact) mass is 230 g/mol. The van der Waals surface area contributed by atoms with E-state index in [9.17, 15) is 8.42 Å². The van der Waals surface area contributed by atoms with E-state index in [0.29, 0.717) is 24.2 Å². The van der Waals surface area contributed by atoms with Gasteiger partial charge in [0.15, 0.2) is 9.84 Å². The summed E-state index contributed by atoms with van der Waals surface area (Å²) in [6.45, 7) is 0.299. The molecule has 1 aliphatic carbocycles. The minimum absolute atomic E-state index is 0.0590. The van der Waals surface area contributed by atoms with Crippen LogP contribution in [-0.4, -0.2) is 29.4 Å². The van der Waals surface area contributed by atoms with Crippen LogP contribution in [0.5, 0.6) is 0 Å². The highest BCUT2D eigenvalue weighted by molar-refractivity contribution is 7.89.